The number of aromatic nitrogens is 4. The van der Waals surface area contributed by atoms with Gasteiger partial charge in [-0.25, -0.2) is 4.98 Å². The standard InChI is InChI=1S/C11H8N4/c1-7-6-14-10-4-8-9(5-11(10)15-7)13-3-2-12-8/h2-6H,1H3. The number of aryl methyl sites for hydroxylation is 1. The van der Waals surface area contributed by atoms with Gasteiger partial charge < -0.3 is 0 Å². The van der Waals surface area contributed by atoms with Crippen LogP contribution in [0, 0.1) is 6.92 Å². The van der Waals surface area contributed by atoms with Crippen molar-refractivity contribution in [3.05, 3.63) is 36.4 Å². The van der Waals surface area contributed by atoms with Crippen LogP contribution in [0.1, 0.15) is 5.69 Å². The van der Waals surface area contributed by atoms with Crippen LogP contribution in [-0.4, -0.2) is 19.9 Å². The molecule has 0 N–H and O–H groups in total. The Hall–Kier alpha value is -2.10. The van der Waals surface area contributed by atoms with Crippen molar-refractivity contribution in [3.8, 4) is 0 Å². The van der Waals surface area contributed by atoms with Crippen LogP contribution in [0.15, 0.2) is 30.7 Å². The maximum atomic E-state index is 4.40. The van der Waals surface area contributed by atoms with Crippen LogP contribution in [0.3, 0.4) is 0 Å². The molecule has 0 bridgehead atoms. The van der Waals surface area contributed by atoms with E-state index in [1.165, 1.54) is 0 Å². The fraction of sp³-hybridized carbons (Fsp3) is 0.0909. The van der Waals surface area contributed by atoms with Crippen molar-refractivity contribution in [3.63, 3.8) is 0 Å². The minimum Gasteiger partial charge on any atom is -0.253 e. The third-order valence-electron chi connectivity index (χ3n) is 2.25. The lowest BCUT2D eigenvalue weighted by atomic mass is 10.2. The van der Waals surface area contributed by atoms with Gasteiger partial charge in [-0.15, -0.1) is 0 Å². The molecule has 4 nitrogen and oxygen atoms in total. The molecule has 0 fully saturated rings. The van der Waals surface area contributed by atoms with Crippen LogP contribution in [0.25, 0.3) is 22.1 Å². The molecule has 0 saturated carbocycles. The molecule has 2 aromatic heterocycles. The Bertz CT molecular complexity index is 648. The van der Waals surface area contributed by atoms with E-state index in [2.05, 4.69) is 19.9 Å². The molecule has 0 aliphatic rings. The van der Waals surface area contributed by atoms with Gasteiger partial charge in [0, 0.05) is 18.6 Å². The zero-order chi connectivity index (χ0) is 10.3. The molecule has 0 unspecified atom stereocenters. The van der Waals surface area contributed by atoms with Crippen molar-refractivity contribution in [2.24, 2.45) is 0 Å². The summed E-state index contributed by atoms with van der Waals surface area (Å²) in [5, 5.41) is 0. The van der Waals surface area contributed by atoms with Gasteiger partial charge in [-0.05, 0) is 19.1 Å². The monoisotopic (exact) mass is 196 g/mol. The Morgan fingerprint density at radius 2 is 1.40 bits per heavy atom. The quantitative estimate of drug-likeness (QED) is 0.515. The summed E-state index contributed by atoms with van der Waals surface area (Å²) in [5.74, 6) is 0. The number of hydrogen-bond donors (Lipinski definition) is 0. The van der Waals surface area contributed by atoms with E-state index in [-0.39, 0.29) is 0 Å². The second-order valence-electron chi connectivity index (χ2n) is 3.40. The van der Waals surface area contributed by atoms with Crippen LogP contribution in [0.4, 0.5) is 0 Å². The first-order valence-electron chi connectivity index (χ1n) is 4.67. The molecule has 0 saturated heterocycles. The largest absolute Gasteiger partial charge is 0.253 e. The Morgan fingerprint density at radius 1 is 0.800 bits per heavy atom. The third kappa shape index (κ3) is 1.30. The lowest BCUT2D eigenvalue weighted by molar-refractivity contribution is 1.18. The summed E-state index contributed by atoms with van der Waals surface area (Å²) in [6, 6.07) is 3.82. The highest BCUT2D eigenvalue weighted by Crippen LogP contribution is 2.16. The number of rotatable bonds is 0. The molecule has 0 spiro atoms. The van der Waals surface area contributed by atoms with Crippen LogP contribution in [0.5, 0.6) is 0 Å². The summed E-state index contributed by atoms with van der Waals surface area (Å²) in [7, 11) is 0. The number of fused-ring (bicyclic) bond motifs is 2. The van der Waals surface area contributed by atoms with E-state index < -0.39 is 0 Å². The van der Waals surface area contributed by atoms with Gasteiger partial charge in [-0.1, -0.05) is 0 Å². The van der Waals surface area contributed by atoms with Gasteiger partial charge in [0.05, 0.1) is 27.8 Å². The molecule has 3 rings (SSSR count). The molecule has 1 aromatic carbocycles. The highest BCUT2D eigenvalue weighted by molar-refractivity contribution is 5.90. The summed E-state index contributed by atoms with van der Waals surface area (Å²) >= 11 is 0. The molecule has 0 aliphatic carbocycles. The lowest BCUT2D eigenvalue weighted by Crippen LogP contribution is -1.89. The van der Waals surface area contributed by atoms with E-state index >= 15 is 0 Å². The van der Waals surface area contributed by atoms with E-state index in [1.54, 1.807) is 18.6 Å². The molecule has 15 heavy (non-hydrogen) atoms. The predicted octanol–water partition coefficient (Wildman–Crippen LogP) is 1.88. The molecule has 0 amide bonds. The molecule has 0 radical (unpaired) electrons. The first-order chi connectivity index (χ1) is 7.33. The van der Waals surface area contributed by atoms with Crippen molar-refractivity contribution < 1.29 is 0 Å². The molecule has 3 aromatic rings. The molecule has 0 aliphatic heterocycles. The maximum Gasteiger partial charge on any atom is 0.0913 e. The van der Waals surface area contributed by atoms with Crippen molar-refractivity contribution in [1.29, 1.82) is 0 Å². The predicted molar refractivity (Wildman–Crippen MR) is 57.4 cm³/mol. The Kier molecular flexibility index (Phi) is 1.62. The van der Waals surface area contributed by atoms with Gasteiger partial charge >= 0.3 is 0 Å². The minimum atomic E-state index is 0.850. The fourth-order valence-corrected chi connectivity index (χ4v) is 1.56. The van der Waals surface area contributed by atoms with Crippen LogP contribution in [-0.2, 0) is 0 Å². The number of benzene rings is 1. The van der Waals surface area contributed by atoms with Gasteiger partial charge in [0.15, 0.2) is 0 Å². The molecule has 72 valence electrons. The Labute approximate surface area is 86.0 Å². The molecule has 4 heteroatoms. The zero-order valence-corrected chi connectivity index (χ0v) is 8.18. The van der Waals surface area contributed by atoms with E-state index in [1.807, 2.05) is 19.1 Å². The smallest absolute Gasteiger partial charge is 0.0913 e. The SMILES string of the molecule is Cc1cnc2cc3nccnc3cc2n1. The Balaban J connectivity index is 2.47. The summed E-state index contributed by atoms with van der Waals surface area (Å²) in [6.07, 6.45) is 5.11. The van der Waals surface area contributed by atoms with E-state index in [4.69, 9.17) is 0 Å². The number of nitrogens with zero attached hydrogens (tertiary/aromatic N) is 4. The zero-order valence-electron chi connectivity index (χ0n) is 8.18. The normalized spacial score (nSPS) is 11.0. The molecule has 2 heterocycles. The first kappa shape index (κ1) is 8.23. The highest BCUT2D eigenvalue weighted by atomic mass is 14.8. The summed E-state index contributed by atoms with van der Waals surface area (Å²) in [4.78, 5) is 17.2. The van der Waals surface area contributed by atoms with E-state index in [0.29, 0.717) is 0 Å². The summed E-state index contributed by atoms with van der Waals surface area (Å²) in [5.41, 5.74) is 4.33. The Morgan fingerprint density at radius 3 is 2.13 bits per heavy atom. The molecular weight excluding hydrogens is 188 g/mol. The van der Waals surface area contributed by atoms with Crippen LogP contribution >= 0.6 is 0 Å². The highest BCUT2D eigenvalue weighted by Gasteiger charge is 2.01. The lowest BCUT2D eigenvalue weighted by Gasteiger charge is -1.99. The average molecular weight is 196 g/mol. The van der Waals surface area contributed by atoms with Gasteiger partial charge in [0.25, 0.3) is 0 Å². The molecular formula is C11H8N4. The minimum absolute atomic E-state index is 0.850. The van der Waals surface area contributed by atoms with Gasteiger partial charge in [0.1, 0.15) is 0 Å². The van der Waals surface area contributed by atoms with Crippen molar-refractivity contribution >= 4 is 22.1 Å². The van der Waals surface area contributed by atoms with Crippen molar-refractivity contribution in [2.75, 3.05) is 0 Å². The topological polar surface area (TPSA) is 51.6 Å². The van der Waals surface area contributed by atoms with E-state index in [9.17, 15) is 0 Å². The average Bonchev–Trinajstić information content (AvgIpc) is 2.26. The second kappa shape index (κ2) is 2.95. The van der Waals surface area contributed by atoms with Crippen molar-refractivity contribution in [1.82, 2.24) is 19.9 Å². The second-order valence-corrected chi connectivity index (χ2v) is 3.40. The van der Waals surface area contributed by atoms with Gasteiger partial charge in [0.2, 0.25) is 0 Å². The van der Waals surface area contributed by atoms with Gasteiger partial charge in [-0.2, -0.15) is 0 Å². The third-order valence-corrected chi connectivity index (χ3v) is 2.25. The van der Waals surface area contributed by atoms with Crippen molar-refractivity contribution in [2.45, 2.75) is 6.92 Å². The van der Waals surface area contributed by atoms with Gasteiger partial charge in [-0.3, -0.25) is 15.0 Å². The van der Waals surface area contributed by atoms with Crippen LogP contribution < -0.4 is 0 Å². The fourth-order valence-electron chi connectivity index (χ4n) is 1.56. The summed E-state index contributed by atoms with van der Waals surface area (Å²) < 4.78 is 0. The van der Waals surface area contributed by atoms with E-state index in [0.717, 1.165) is 27.8 Å². The molecule has 0 atom stereocenters. The maximum absolute atomic E-state index is 4.40. The first-order valence-corrected chi connectivity index (χ1v) is 4.67. The van der Waals surface area contributed by atoms with Crippen LogP contribution in [0.2, 0.25) is 0 Å². The summed E-state index contributed by atoms with van der Waals surface area (Å²) in [6.45, 7) is 1.92. The number of hydrogen-bond acceptors (Lipinski definition) is 4.